The number of fused-ring (bicyclic) bond motifs is 2. The quantitative estimate of drug-likeness (QED) is 0.0997. The number of halogens is 1. The molecule has 0 saturated carbocycles. The number of aryl methyl sites for hydroxylation is 2. The first-order chi connectivity index (χ1) is 26.6. The van der Waals surface area contributed by atoms with Gasteiger partial charge in [-0.05, 0) is 105 Å². The molecule has 2 amide bonds. The van der Waals surface area contributed by atoms with E-state index in [0.29, 0.717) is 45.8 Å². The summed E-state index contributed by atoms with van der Waals surface area (Å²) < 4.78 is 19.6. The number of carboxylic acid groups (broad SMARTS) is 1. The molecule has 0 unspecified atom stereocenters. The van der Waals surface area contributed by atoms with E-state index in [1.807, 2.05) is 64.0 Å². The number of nitrogens with one attached hydrogen (secondary N) is 3. The lowest BCUT2D eigenvalue weighted by molar-refractivity contribution is 0.0662. The molecule has 1 aliphatic rings. The van der Waals surface area contributed by atoms with Gasteiger partial charge in [0.15, 0.2) is 0 Å². The van der Waals surface area contributed by atoms with Crippen molar-refractivity contribution in [3.63, 3.8) is 0 Å². The second-order valence-corrected chi connectivity index (χ2v) is 14.8. The van der Waals surface area contributed by atoms with Gasteiger partial charge in [0.25, 0.3) is 5.91 Å². The van der Waals surface area contributed by atoms with Gasteiger partial charge in [-0.3, -0.25) is 20.1 Å². The molecule has 2 aromatic carbocycles. The van der Waals surface area contributed by atoms with Crippen molar-refractivity contribution in [2.45, 2.75) is 66.0 Å². The molecule has 7 rings (SSSR count). The third-order valence-electron chi connectivity index (χ3n) is 11.1. The Morgan fingerprint density at radius 2 is 1.84 bits per heavy atom. The topological polar surface area (TPSA) is 170 Å². The number of H-pyrrole nitrogens is 1. The summed E-state index contributed by atoms with van der Waals surface area (Å²) in [6.07, 6.45) is 4.16. The summed E-state index contributed by atoms with van der Waals surface area (Å²) in [5, 5.41) is 26.5. The molecule has 4 N–H and O–H groups in total. The summed E-state index contributed by atoms with van der Waals surface area (Å²) in [5.74, 6) is 0.321. The highest BCUT2D eigenvalue weighted by atomic mass is 19.1. The van der Waals surface area contributed by atoms with Crippen molar-refractivity contribution >= 4 is 34.6 Å². The number of rotatable bonds is 8. The number of carbonyl (C=O) groups excluding carboxylic acids is 1. The van der Waals surface area contributed by atoms with Crippen LogP contribution in [0.2, 0.25) is 0 Å². The summed E-state index contributed by atoms with van der Waals surface area (Å²) in [5.41, 5.74) is 4.92. The van der Waals surface area contributed by atoms with Crippen LogP contribution in [-0.2, 0) is 12.0 Å². The number of amides is 2. The average Bonchev–Trinajstić information content (AvgIpc) is 3.87. The summed E-state index contributed by atoms with van der Waals surface area (Å²) in [4.78, 5) is 51.1. The van der Waals surface area contributed by atoms with Gasteiger partial charge in [0, 0.05) is 62.1 Å². The standard InChI is InChI=1S/C41H45FN10O4/c1-9-41(6,38(43)46-40(55)56)51-31-11-10-26(29-12-14-44-35(24(29)4)48(7)8)20-27(31)21-32(51)37(53)49-16-13-30-33(25(49)5)36(50-17-15-45-39(50)54)52(47-30)28-18-22(2)34(42)23(3)19-28/h10-12,14-15,17-21,25H,9,13,16H2,1-8H3,(H2,43,46)(H,45,54)(H,55,56)/t25-,41+/m0/s1. The van der Waals surface area contributed by atoms with Crippen LogP contribution < -0.4 is 15.9 Å². The van der Waals surface area contributed by atoms with Crippen LogP contribution in [0.15, 0.2) is 65.8 Å². The smallest absolute Gasteiger partial charge is 0.410 e. The van der Waals surface area contributed by atoms with Crippen LogP contribution in [0.5, 0.6) is 0 Å². The number of pyridine rings is 1. The third-order valence-corrected chi connectivity index (χ3v) is 11.1. The summed E-state index contributed by atoms with van der Waals surface area (Å²) in [6, 6.07) is 12.4. The molecular weight excluding hydrogens is 716 g/mol. The van der Waals surface area contributed by atoms with Crippen molar-refractivity contribution < 1.29 is 19.1 Å². The molecule has 0 aliphatic carbocycles. The molecule has 6 aromatic rings. The number of amidine groups is 1. The van der Waals surface area contributed by atoms with E-state index in [1.54, 1.807) is 65.5 Å². The molecule has 56 heavy (non-hydrogen) atoms. The first-order valence-electron chi connectivity index (χ1n) is 18.4. The van der Waals surface area contributed by atoms with Gasteiger partial charge in [-0.1, -0.05) is 13.0 Å². The highest BCUT2D eigenvalue weighted by molar-refractivity contribution is 6.04. The highest BCUT2D eigenvalue weighted by Crippen LogP contribution is 2.40. The zero-order valence-electron chi connectivity index (χ0n) is 32.7. The number of benzene rings is 2. The Morgan fingerprint density at radius 3 is 2.46 bits per heavy atom. The van der Waals surface area contributed by atoms with E-state index in [2.05, 4.69) is 15.3 Å². The van der Waals surface area contributed by atoms with Crippen molar-refractivity contribution in [3.05, 3.63) is 111 Å². The van der Waals surface area contributed by atoms with Crippen LogP contribution in [0, 0.1) is 32.0 Å². The maximum Gasteiger partial charge on any atom is 0.410 e. The van der Waals surface area contributed by atoms with Gasteiger partial charge in [0.1, 0.15) is 29.0 Å². The van der Waals surface area contributed by atoms with Crippen LogP contribution >= 0.6 is 0 Å². The molecule has 4 aromatic heterocycles. The Kier molecular flexibility index (Phi) is 9.42. The molecule has 1 aliphatic heterocycles. The summed E-state index contributed by atoms with van der Waals surface area (Å²) in [7, 11) is 3.87. The van der Waals surface area contributed by atoms with Gasteiger partial charge in [-0.25, -0.2) is 23.6 Å². The fourth-order valence-electron chi connectivity index (χ4n) is 8.07. The van der Waals surface area contributed by atoms with E-state index in [0.717, 1.165) is 27.9 Å². The van der Waals surface area contributed by atoms with Gasteiger partial charge in [0.2, 0.25) is 0 Å². The largest absolute Gasteiger partial charge is 0.465 e. The molecule has 0 saturated heterocycles. The Labute approximate surface area is 322 Å². The predicted octanol–water partition coefficient (Wildman–Crippen LogP) is 6.63. The number of aromatic nitrogens is 6. The predicted molar refractivity (Wildman–Crippen MR) is 213 cm³/mol. The molecule has 5 heterocycles. The number of hydrogen-bond acceptors (Lipinski definition) is 7. The fourth-order valence-corrected chi connectivity index (χ4v) is 8.07. The Bertz CT molecular complexity index is 2610. The summed E-state index contributed by atoms with van der Waals surface area (Å²) in [6.45, 7) is 11.1. The van der Waals surface area contributed by atoms with E-state index in [1.165, 1.54) is 10.8 Å². The van der Waals surface area contributed by atoms with Crippen molar-refractivity contribution in [1.29, 1.82) is 5.41 Å². The monoisotopic (exact) mass is 760 g/mol. The SMILES string of the molecule is CC[C@](C)(C(=N)NC(=O)O)n1c(C(=O)N2CCc3nn(-c4cc(C)c(F)c(C)c4)c(-n4cc[nH]c4=O)c3[C@@H]2C)cc2cc(-c3ccnc(N(C)C)c3C)ccc21. The molecule has 2 atom stereocenters. The van der Waals surface area contributed by atoms with Crippen molar-refractivity contribution in [2.75, 3.05) is 25.5 Å². The molecule has 290 valence electrons. The van der Waals surface area contributed by atoms with Gasteiger partial charge in [0.05, 0.1) is 23.0 Å². The second-order valence-electron chi connectivity index (χ2n) is 14.8. The zero-order valence-corrected chi connectivity index (χ0v) is 32.7. The first-order valence-corrected chi connectivity index (χ1v) is 18.4. The van der Waals surface area contributed by atoms with Gasteiger partial charge in [-0.2, -0.15) is 5.10 Å². The Morgan fingerprint density at radius 1 is 1.12 bits per heavy atom. The minimum absolute atomic E-state index is 0.270. The summed E-state index contributed by atoms with van der Waals surface area (Å²) >= 11 is 0. The van der Waals surface area contributed by atoms with E-state index in [-0.39, 0.29) is 36.2 Å². The van der Waals surface area contributed by atoms with E-state index < -0.39 is 23.4 Å². The van der Waals surface area contributed by atoms with Crippen molar-refractivity contribution in [2.24, 2.45) is 0 Å². The molecule has 14 nitrogen and oxygen atoms in total. The maximum atomic E-state index is 15.2. The van der Waals surface area contributed by atoms with Crippen LogP contribution in [0.4, 0.5) is 15.0 Å². The molecule has 0 bridgehead atoms. The van der Waals surface area contributed by atoms with Crippen molar-refractivity contribution in [1.82, 2.24) is 39.1 Å². The Hall–Kier alpha value is -6.51. The number of hydrogen-bond donors (Lipinski definition) is 4. The van der Waals surface area contributed by atoms with Crippen LogP contribution in [0.3, 0.4) is 0 Å². The highest BCUT2D eigenvalue weighted by Gasteiger charge is 2.40. The fraction of sp³-hybridized carbons (Fsp3) is 0.317. The number of imidazole rings is 1. The molecule has 0 spiro atoms. The number of anilines is 1. The third kappa shape index (κ3) is 6.03. The maximum absolute atomic E-state index is 15.2. The molecule has 0 radical (unpaired) electrons. The van der Waals surface area contributed by atoms with Gasteiger partial charge < -0.3 is 24.5 Å². The normalized spacial score (nSPS) is 15.1. The lowest BCUT2D eigenvalue weighted by Gasteiger charge is -2.37. The van der Waals surface area contributed by atoms with E-state index in [4.69, 9.17) is 10.5 Å². The number of aromatic amines is 1. The van der Waals surface area contributed by atoms with E-state index >= 15 is 4.79 Å². The van der Waals surface area contributed by atoms with Crippen LogP contribution in [0.1, 0.15) is 71.7 Å². The lowest BCUT2D eigenvalue weighted by atomic mass is 9.95. The van der Waals surface area contributed by atoms with Gasteiger partial charge >= 0.3 is 11.8 Å². The molecular formula is C41H45FN10O4. The Balaban J connectivity index is 1.40. The number of carbonyl (C=O) groups is 2. The zero-order chi connectivity index (χ0) is 40.4. The number of nitrogens with zero attached hydrogens (tertiary/aromatic N) is 7. The van der Waals surface area contributed by atoms with Crippen molar-refractivity contribution in [3.8, 4) is 22.6 Å². The molecule has 0 fully saturated rings. The molecule has 15 heteroatoms. The average molecular weight is 761 g/mol. The minimum atomic E-state index is -1.38. The van der Waals surface area contributed by atoms with E-state index in [9.17, 15) is 19.1 Å². The first kappa shape index (κ1) is 37.8. The van der Waals surface area contributed by atoms with Crippen LogP contribution in [-0.4, -0.2) is 77.4 Å². The minimum Gasteiger partial charge on any atom is -0.465 e. The van der Waals surface area contributed by atoms with Crippen LogP contribution in [0.25, 0.3) is 33.5 Å². The second kappa shape index (κ2) is 14.0. The lowest BCUT2D eigenvalue weighted by Crippen LogP contribution is -2.49. The van der Waals surface area contributed by atoms with Gasteiger partial charge in [-0.15, -0.1) is 0 Å².